The van der Waals surface area contributed by atoms with E-state index in [9.17, 15) is 4.79 Å². The highest BCUT2D eigenvalue weighted by molar-refractivity contribution is 6.20. The summed E-state index contributed by atoms with van der Waals surface area (Å²) >= 11 is 0. The van der Waals surface area contributed by atoms with Gasteiger partial charge in [0.15, 0.2) is 5.78 Å². The van der Waals surface area contributed by atoms with Crippen molar-refractivity contribution < 1.29 is 4.79 Å². The molecule has 2 aromatic rings. The molecule has 2 atom stereocenters. The fraction of sp³-hybridized carbons (Fsp3) is 0.222. The molecule has 0 radical (unpaired) electrons. The van der Waals surface area contributed by atoms with E-state index in [1.54, 1.807) is 6.20 Å². The van der Waals surface area contributed by atoms with Gasteiger partial charge in [-0.1, -0.05) is 0 Å². The molecule has 0 aliphatic carbocycles. The number of allylic oxidation sites excluding steroid dienone is 4. The molecule has 1 fully saturated rings. The number of aryl methyl sites for hydroxylation is 1. The molecule has 4 aliphatic rings. The molecular formula is C27H24N6O. The number of aromatic amines is 1. The van der Waals surface area contributed by atoms with Crippen molar-refractivity contribution in [2.24, 2.45) is 15.4 Å². The molecule has 7 nitrogen and oxygen atoms in total. The maximum atomic E-state index is 13.4. The number of aliphatic imine (C=N–C) groups is 2. The number of hydrogen-bond donors (Lipinski definition) is 2. The zero-order chi connectivity index (χ0) is 23.5. The molecule has 6 rings (SSSR count). The van der Waals surface area contributed by atoms with Crippen LogP contribution in [0.2, 0.25) is 0 Å². The highest BCUT2D eigenvalue weighted by atomic mass is 16.1. The molecule has 0 spiro atoms. The molecule has 2 unspecified atom stereocenters. The number of rotatable bonds is 1. The summed E-state index contributed by atoms with van der Waals surface area (Å²) in [5, 5.41) is 5.34. The molecule has 6 heterocycles. The Morgan fingerprint density at radius 1 is 1.00 bits per heavy atom. The summed E-state index contributed by atoms with van der Waals surface area (Å²) in [6.45, 7) is 5.76. The van der Waals surface area contributed by atoms with Crippen molar-refractivity contribution in [1.82, 2.24) is 20.3 Å². The minimum Gasteiger partial charge on any atom is -0.375 e. The highest BCUT2D eigenvalue weighted by Gasteiger charge is 2.46. The minimum absolute atomic E-state index is 0.0944. The molecule has 0 saturated carbocycles. The van der Waals surface area contributed by atoms with Crippen molar-refractivity contribution >= 4 is 29.4 Å². The van der Waals surface area contributed by atoms with Crippen molar-refractivity contribution in [1.29, 1.82) is 0 Å². The number of carbonyl (C=O) groups is 1. The lowest BCUT2D eigenvalue weighted by Crippen LogP contribution is -2.27. The number of H-pyrrole nitrogens is 1. The number of aromatic nitrogens is 3. The standard InChI is InChI=1S/C27H24N6O/c1-16-28-11-9-23(29-16)27-10-8-21(33-27)13-19-5-4-17(30-19)12-18-6-7-20(31-18)14-22-25(34)26(2,3)24(15-27)32-22/h4-15,22,30,32H,1-3H3. The Balaban J connectivity index is 1.61. The van der Waals surface area contributed by atoms with Gasteiger partial charge >= 0.3 is 0 Å². The van der Waals surface area contributed by atoms with Gasteiger partial charge in [-0.05, 0) is 87.6 Å². The molecule has 7 heteroatoms. The second-order valence-corrected chi connectivity index (χ2v) is 9.47. The number of nitrogens with one attached hydrogen (secondary N) is 2. The average molecular weight is 449 g/mol. The number of fused-ring (bicyclic) bond motifs is 6. The van der Waals surface area contributed by atoms with Gasteiger partial charge in [0.1, 0.15) is 17.4 Å². The van der Waals surface area contributed by atoms with Crippen LogP contribution in [0.3, 0.4) is 0 Å². The normalized spacial score (nSPS) is 26.2. The van der Waals surface area contributed by atoms with Crippen molar-refractivity contribution in [3.05, 3.63) is 94.5 Å². The number of hydrogen-bond acceptors (Lipinski definition) is 6. The molecule has 8 bridgehead atoms. The lowest BCUT2D eigenvalue weighted by Gasteiger charge is -2.25. The van der Waals surface area contributed by atoms with E-state index in [0.29, 0.717) is 5.82 Å². The number of nitrogens with zero attached hydrogens (tertiary/aromatic N) is 4. The Morgan fingerprint density at radius 3 is 2.59 bits per heavy atom. The van der Waals surface area contributed by atoms with Crippen molar-refractivity contribution in [2.45, 2.75) is 32.4 Å². The van der Waals surface area contributed by atoms with E-state index in [-0.39, 0.29) is 5.78 Å². The Bertz CT molecular complexity index is 1550. The van der Waals surface area contributed by atoms with Gasteiger partial charge in [-0.25, -0.2) is 15.0 Å². The van der Waals surface area contributed by atoms with Crippen molar-refractivity contribution in [3.63, 3.8) is 0 Å². The first-order valence-electron chi connectivity index (χ1n) is 11.3. The Morgan fingerprint density at radius 2 is 1.79 bits per heavy atom. The first-order chi connectivity index (χ1) is 16.3. The van der Waals surface area contributed by atoms with Crippen LogP contribution in [0.15, 0.2) is 82.2 Å². The third-order valence-electron chi connectivity index (χ3n) is 6.61. The van der Waals surface area contributed by atoms with Crippen LogP contribution in [0.25, 0.3) is 12.2 Å². The summed E-state index contributed by atoms with van der Waals surface area (Å²) < 4.78 is 0. The Hall–Kier alpha value is -4.13. The number of ketones is 1. The smallest absolute Gasteiger partial charge is 0.170 e. The van der Waals surface area contributed by atoms with Gasteiger partial charge in [0.05, 0.1) is 28.2 Å². The fourth-order valence-electron chi connectivity index (χ4n) is 4.71. The zero-order valence-electron chi connectivity index (χ0n) is 19.2. The second kappa shape index (κ2) is 7.18. The van der Waals surface area contributed by atoms with Crippen molar-refractivity contribution in [2.75, 3.05) is 0 Å². The van der Waals surface area contributed by atoms with Gasteiger partial charge < -0.3 is 10.3 Å². The van der Waals surface area contributed by atoms with Crippen LogP contribution in [0.5, 0.6) is 0 Å². The molecule has 2 aromatic heterocycles. The van der Waals surface area contributed by atoms with Gasteiger partial charge in [0.2, 0.25) is 0 Å². The van der Waals surface area contributed by atoms with E-state index in [1.807, 2.05) is 87.6 Å². The van der Waals surface area contributed by atoms with E-state index in [1.165, 1.54) is 0 Å². The molecule has 1 saturated heterocycles. The van der Waals surface area contributed by atoms with E-state index >= 15 is 0 Å². The third kappa shape index (κ3) is 3.32. The first-order valence-corrected chi connectivity index (χ1v) is 11.3. The molecular weight excluding hydrogens is 424 g/mol. The highest BCUT2D eigenvalue weighted by Crippen LogP contribution is 2.40. The van der Waals surface area contributed by atoms with Crippen LogP contribution >= 0.6 is 0 Å². The molecule has 0 amide bonds. The fourth-order valence-corrected chi connectivity index (χ4v) is 4.71. The zero-order valence-corrected chi connectivity index (χ0v) is 19.2. The van der Waals surface area contributed by atoms with E-state index < -0.39 is 17.0 Å². The number of Topliss-reactive ketones (excluding diaryl/α,β-unsaturated/α-hetero) is 1. The van der Waals surface area contributed by atoms with Crippen LogP contribution in [0.4, 0.5) is 0 Å². The van der Waals surface area contributed by atoms with Crippen LogP contribution in [0.1, 0.15) is 25.4 Å². The van der Waals surface area contributed by atoms with Crippen molar-refractivity contribution in [3.8, 4) is 0 Å². The van der Waals surface area contributed by atoms with Crippen LogP contribution < -0.4 is 16.0 Å². The molecule has 2 N–H and O–H groups in total. The van der Waals surface area contributed by atoms with Gasteiger partial charge in [0.25, 0.3) is 0 Å². The van der Waals surface area contributed by atoms with Gasteiger partial charge in [-0.2, -0.15) is 0 Å². The SMILES string of the molecule is Cc1nccc(C23C=CC(=N2)C=c2ccc([nH]2)=CC2=NC(=CC4NC(=C3)C(C)(C)C4=O)C=C2)n1. The average Bonchev–Trinajstić information content (AvgIpc) is 3.56. The molecule has 34 heavy (non-hydrogen) atoms. The minimum atomic E-state index is -0.849. The predicted octanol–water partition coefficient (Wildman–Crippen LogP) is 1.94. The topological polar surface area (TPSA) is 95.4 Å². The summed E-state index contributed by atoms with van der Waals surface area (Å²) in [6, 6.07) is 5.44. The lowest BCUT2D eigenvalue weighted by molar-refractivity contribution is -0.123. The lowest BCUT2D eigenvalue weighted by atomic mass is 9.82. The van der Waals surface area contributed by atoms with E-state index in [4.69, 9.17) is 9.98 Å². The van der Waals surface area contributed by atoms with Gasteiger partial charge in [0, 0.05) is 22.6 Å². The second-order valence-electron chi connectivity index (χ2n) is 9.47. The van der Waals surface area contributed by atoms with Gasteiger partial charge in [-0.15, -0.1) is 0 Å². The largest absolute Gasteiger partial charge is 0.375 e. The predicted molar refractivity (Wildman–Crippen MR) is 132 cm³/mol. The number of carbonyl (C=O) groups excluding carboxylic acids is 1. The summed E-state index contributed by atoms with van der Waals surface area (Å²) in [4.78, 5) is 35.5. The Kier molecular flexibility index (Phi) is 4.33. The van der Waals surface area contributed by atoms with E-state index in [2.05, 4.69) is 20.3 Å². The molecule has 4 aliphatic heterocycles. The van der Waals surface area contributed by atoms with Crippen LogP contribution in [-0.4, -0.2) is 38.2 Å². The maximum absolute atomic E-state index is 13.4. The summed E-state index contributed by atoms with van der Waals surface area (Å²) in [6.07, 6.45) is 17.6. The van der Waals surface area contributed by atoms with Crippen LogP contribution in [0, 0.1) is 12.3 Å². The monoisotopic (exact) mass is 448 g/mol. The summed E-state index contributed by atoms with van der Waals surface area (Å²) in [5.74, 6) is 0.763. The van der Waals surface area contributed by atoms with E-state index in [0.717, 1.165) is 39.2 Å². The maximum Gasteiger partial charge on any atom is 0.170 e. The summed E-state index contributed by atoms with van der Waals surface area (Å²) in [5.41, 5.74) is 2.43. The Labute approximate surface area is 196 Å². The molecule has 168 valence electrons. The third-order valence-corrected chi connectivity index (χ3v) is 6.61. The van der Waals surface area contributed by atoms with Gasteiger partial charge in [-0.3, -0.25) is 9.79 Å². The first kappa shape index (κ1) is 20.5. The summed E-state index contributed by atoms with van der Waals surface area (Å²) in [7, 11) is 0. The molecule has 0 aromatic carbocycles. The van der Waals surface area contributed by atoms with Crippen LogP contribution in [-0.2, 0) is 10.3 Å². The quantitative estimate of drug-likeness (QED) is 0.697.